The minimum Gasteiger partial charge on any atom is -0.457 e. The van der Waals surface area contributed by atoms with Gasteiger partial charge in [0, 0.05) is 43.8 Å². The summed E-state index contributed by atoms with van der Waals surface area (Å²) in [6.45, 7) is 3.39. The fourth-order valence-electron chi connectivity index (χ4n) is 3.90. The molecular formula is C25H22ClFN4O3. The predicted molar refractivity (Wildman–Crippen MR) is 128 cm³/mol. The van der Waals surface area contributed by atoms with E-state index in [1.54, 1.807) is 23.1 Å². The van der Waals surface area contributed by atoms with E-state index < -0.39 is 5.82 Å². The number of rotatable bonds is 5. The van der Waals surface area contributed by atoms with Gasteiger partial charge >= 0.3 is 6.03 Å². The van der Waals surface area contributed by atoms with Gasteiger partial charge in [-0.1, -0.05) is 28.9 Å². The summed E-state index contributed by atoms with van der Waals surface area (Å²) in [7, 11) is 0. The molecule has 0 saturated carbocycles. The van der Waals surface area contributed by atoms with Crippen LogP contribution in [0.1, 0.15) is 5.56 Å². The Balaban J connectivity index is 1.14. The van der Waals surface area contributed by atoms with Gasteiger partial charge in [0.1, 0.15) is 17.3 Å². The highest BCUT2D eigenvalue weighted by Crippen LogP contribution is 2.25. The molecule has 0 spiro atoms. The largest absolute Gasteiger partial charge is 0.457 e. The van der Waals surface area contributed by atoms with Crippen LogP contribution >= 0.6 is 11.6 Å². The molecule has 1 aliphatic heterocycles. The Labute approximate surface area is 200 Å². The predicted octanol–water partition coefficient (Wildman–Crippen LogP) is 5.76. The van der Waals surface area contributed by atoms with Crippen molar-refractivity contribution in [3.63, 3.8) is 0 Å². The van der Waals surface area contributed by atoms with Crippen LogP contribution < -0.4 is 10.1 Å². The van der Waals surface area contributed by atoms with Crippen LogP contribution in [0.25, 0.3) is 11.0 Å². The summed E-state index contributed by atoms with van der Waals surface area (Å²) in [5.74, 6) is 1.36. The van der Waals surface area contributed by atoms with Gasteiger partial charge in [-0.3, -0.25) is 10.2 Å². The zero-order chi connectivity index (χ0) is 23.5. The van der Waals surface area contributed by atoms with Gasteiger partial charge in [0.25, 0.3) is 0 Å². The second-order valence-corrected chi connectivity index (χ2v) is 8.50. The highest BCUT2D eigenvalue weighted by atomic mass is 35.5. The molecule has 1 N–H and O–H groups in total. The van der Waals surface area contributed by atoms with E-state index in [1.165, 1.54) is 12.1 Å². The molecule has 2 heterocycles. The lowest BCUT2D eigenvalue weighted by molar-refractivity contribution is 0.143. The molecule has 7 nitrogen and oxygen atoms in total. The molecule has 0 radical (unpaired) electrons. The van der Waals surface area contributed by atoms with Crippen molar-refractivity contribution in [1.82, 2.24) is 15.0 Å². The summed E-state index contributed by atoms with van der Waals surface area (Å²) in [6, 6.07) is 19.1. The maximum absolute atomic E-state index is 13.3. The zero-order valence-corrected chi connectivity index (χ0v) is 19.0. The smallest absolute Gasteiger partial charge is 0.323 e. The second kappa shape index (κ2) is 9.70. The van der Waals surface area contributed by atoms with Crippen molar-refractivity contribution in [2.45, 2.75) is 6.54 Å². The molecule has 1 fully saturated rings. The van der Waals surface area contributed by atoms with Crippen molar-refractivity contribution in [1.29, 1.82) is 0 Å². The van der Waals surface area contributed by atoms with Crippen LogP contribution in [-0.4, -0.2) is 47.2 Å². The number of piperazine rings is 1. The third-order valence-electron chi connectivity index (χ3n) is 5.67. The summed E-state index contributed by atoms with van der Waals surface area (Å²) in [5, 5.41) is 7.85. The van der Waals surface area contributed by atoms with E-state index in [9.17, 15) is 9.18 Å². The number of carbonyl (C=O) groups excluding carboxylic acids is 1. The molecule has 0 atom stereocenters. The van der Waals surface area contributed by atoms with Crippen molar-refractivity contribution in [3.8, 4) is 11.5 Å². The lowest BCUT2D eigenvalue weighted by atomic mass is 10.2. The molecule has 174 valence electrons. The number of nitrogens with zero attached hydrogens (tertiary/aromatic N) is 3. The second-order valence-electron chi connectivity index (χ2n) is 8.07. The fourth-order valence-corrected chi connectivity index (χ4v) is 4.02. The Morgan fingerprint density at radius 2 is 1.82 bits per heavy atom. The summed E-state index contributed by atoms with van der Waals surface area (Å²) >= 11 is 5.93. The molecule has 3 aromatic carbocycles. The molecule has 4 aromatic rings. The number of benzene rings is 3. The third kappa shape index (κ3) is 5.13. The minimum absolute atomic E-state index is 0.252. The van der Waals surface area contributed by atoms with Gasteiger partial charge in [0.2, 0.25) is 0 Å². The van der Waals surface area contributed by atoms with E-state index in [0.717, 1.165) is 36.7 Å². The van der Waals surface area contributed by atoms with E-state index >= 15 is 0 Å². The molecule has 0 unspecified atom stereocenters. The fraction of sp³-hybridized carbons (Fsp3) is 0.200. The van der Waals surface area contributed by atoms with Crippen LogP contribution in [0.4, 0.5) is 15.0 Å². The quantitative estimate of drug-likeness (QED) is 0.393. The summed E-state index contributed by atoms with van der Waals surface area (Å²) in [5.41, 5.74) is 1.42. The highest BCUT2D eigenvalue weighted by Gasteiger charge is 2.23. The average Bonchev–Trinajstić information content (AvgIpc) is 3.23. The standard InChI is InChI=1S/C25H22ClFN4O3/c26-18-4-7-20(8-5-18)33-21-3-1-2-17(14-21)16-30-10-12-31(13-11-30)25(32)28-24-22-9-6-19(27)15-23(22)34-29-24/h1-9,14-15H,10-13,16H2,(H,28,29,32). The summed E-state index contributed by atoms with van der Waals surface area (Å²) in [6.07, 6.45) is 0. The Morgan fingerprint density at radius 1 is 1.03 bits per heavy atom. The van der Waals surface area contributed by atoms with E-state index in [0.29, 0.717) is 34.9 Å². The van der Waals surface area contributed by atoms with Crippen molar-refractivity contribution >= 4 is 34.4 Å². The highest BCUT2D eigenvalue weighted by molar-refractivity contribution is 6.30. The van der Waals surface area contributed by atoms with Crippen molar-refractivity contribution in [2.24, 2.45) is 0 Å². The Morgan fingerprint density at radius 3 is 2.62 bits per heavy atom. The number of hydrogen-bond donors (Lipinski definition) is 1. The normalized spacial score (nSPS) is 14.4. The monoisotopic (exact) mass is 480 g/mol. The van der Waals surface area contributed by atoms with Crippen LogP contribution in [0, 0.1) is 5.82 Å². The Bertz CT molecular complexity index is 1300. The lowest BCUT2D eigenvalue weighted by Gasteiger charge is -2.34. The van der Waals surface area contributed by atoms with E-state index in [4.69, 9.17) is 20.9 Å². The first-order valence-corrected chi connectivity index (χ1v) is 11.3. The van der Waals surface area contributed by atoms with Gasteiger partial charge in [-0.25, -0.2) is 9.18 Å². The number of halogens is 2. The molecule has 1 aliphatic rings. The molecular weight excluding hydrogens is 459 g/mol. The van der Waals surface area contributed by atoms with E-state index in [1.807, 2.05) is 30.3 Å². The van der Waals surface area contributed by atoms with Gasteiger partial charge < -0.3 is 14.2 Å². The van der Waals surface area contributed by atoms with Gasteiger partial charge in [0.05, 0.1) is 5.39 Å². The number of amides is 2. The van der Waals surface area contributed by atoms with Crippen molar-refractivity contribution < 1.29 is 18.4 Å². The number of urea groups is 1. The number of ether oxygens (including phenoxy) is 1. The number of hydrogen-bond acceptors (Lipinski definition) is 5. The van der Waals surface area contributed by atoms with Crippen LogP contribution in [-0.2, 0) is 6.54 Å². The minimum atomic E-state index is -0.417. The van der Waals surface area contributed by atoms with E-state index in [2.05, 4.69) is 21.4 Å². The average molecular weight is 481 g/mol. The molecule has 34 heavy (non-hydrogen) atoms. The number of nitrogens with one attached hydrogen (secondary N) is 1. The Kier molecular flexibility index (Phi) is 6.33. The first-order chi connectivity index (χ1) is 16.5. The SMILES string of the molecule is O=C(Nc1noc2cc(F)ccc12)N1CCN(Cc2cccc(Oc3ccc(Cl)cc3)c2)CC1. The van der Waals surface area contributed by atoms with E-state index in [-0.39, 0.29) is 6.03 Å². The summed E-state index contributed by atoms with van der Waals surface area (Å²) < 4.78 is 24.4. The van der Waals surface area contributed by atoms with Crippen LogP contribution in [0.15, 0.2) is 71.3 Å². The maximum Gasteiger partial charge on any atom is 0.323 e. The molecule has 9 heteroatoms. The zero-order valence-electron chi connectivity index (χ0n) is 18.2. The molecule has 2 amide bonds. The molecule has 1 aromatic heterocycles. The van der Waals surface area contributed by atoms with Gasteiger partial charge in [-0.15, -0.1) is 0 Å². The topological polar surface area (TPSA) is 70.8 Å². The van der Waals surface area contributed by atoms with Gasteiger partial charge in [-0.05, 0) is 54.1 Å². The molecule has 0 aliphatic carbocycles. The number of carbonyl (C=O) groups is 1. The Hall–Kier alpha value is -3.62. The molecule has 1 saturated heterocycles. The molecule has 5 rings (SSSR count). The first-order valence-electron chi connectivity index (χ1n) is 10.9. The number of fused-ring (bicyclic) bond motifs is 1. The lowest BCUT2D eigenvalue weighted by Crippen LogP contribution is -2.49. The van der Waals surface area contributed by atoms with Crippen molar-refractivity contribution in [2.75, 3.05) is 31.5 Å². The van der Waals surface area contributed by atoms with Crippen LogP contribution in [0.5, 0.6) is 11.5 Å². The number of anilines is 1. The molecule has 0 bridgehead atoms. The first kappa shape index (κ1) is 22.2. The third-order valence-corrected chi connectivity index (χ3v) is 5.92. The van der Waals surface area contributed by atoms with Gasteiger partial charge in [-0.2, -0.15) is 0 Å². The summed E-state index contributed by atoms with van der Waals surface area (Å²) in [4.78, 5) is 16.7. The maximum atomic E-state index is 13.3. The van der Waals surface area contributed by atoms with Crippen LogP contribution in [0.2, 0.25) is 5.02 Å². The number of aromatic nitrogens is 1. The van der Waals surface area contributed by atoms with Crippen LogP contribution in [0.3, 0.4) is 0 Å². The van der Waals surface area contributed by atoms with Gasteiger partial charge in [0.15, 0.2) is 11.4 Å². The van der Waals surface area contributed by atoms with Crippen molar-refractivity contribution in [3.05, 3.63) is 83.1 Å².